The van der Waals surface area contributed by atoms with Crippen LogP contribution in [0.2, 0.25) is 5.02 Å². The van der Waals surface area contributed by atoms with Crippen LogP contribution in [0.25, 0.3) is 0 Å². The summed E-state index contributed by atoms with van der Waals surface area (Å²) in [6.07, 6.45) is 0.559. The first-order valence-electron chi connectivity index (χ1n) is 6.37. The normalized spacial score (nSPS) is 19.1. The highest BCUT2D eigenvalue weighted by Gasteiger charge is 2.35. The number of amides is 1. The standard InChI is InChI=1S/C14H16ClF2NO/c15-12-4-2-1-3-10(12)9-13(19)18-11-5-7-14(16,17)8-6-11/h1-4,11H,5-9H2,(H,18,19). The second kappa shape index (κ2) is 5.87. The van der Waals surface area contributed by atoms with Gasteiger partial charge in [-0.15, -0.1) is 0 Å². The van der Waals surface area contributed by atoms with Crippen LogP contribution in [0.1, 0.15) is 31.2 Å². The van der Waals surface area contributed by atoms with Crippen molar-refractivity contribution in [3.8, 4) is 0 Å². The van der Waals surface area contributed by atoms with E-state index in [1.807, 2.05) is 6.07 Å². The topological polar surface area (TPSA) is 29.1 Å². The minimum atomic E-state index is -2.57. The van der Waals surface area contributed by atoms with Gasteiger partial charge in [-0.05, 0) is 24.5 Å². The molecule has 0 spiro atoms. The van der Waals surface area contributed by atoms with Crippen molar-refractivity contribution in [2.24, 2.45) is 0 Å². The summed E-state index contributed by atoms with van der Waals surface area (Å²) in [5.74, 6) is -2.73. The highest BCUT2D eigenvalue weighted by molar-refractivity contribution is 6.31. The molecule has 0 aromatic heterocycles. The van der Waals surface area contributed by atoms with Crippen LogP contribution in [-0.4, -0.2) is 17.9 Å². The predicted octanol–water partition coefficient (Wildman–Crippen LogP) is 3.58. The largest absolute Gasteiger partial charge is 0.353 e. The average Bonchev–Trinajstić information content (AvgIpc) is 2.35. The fourth-order valence-corrected chi connectivity index (χ4v) is 2.48. The third-order valence-electron chi connectivity index (χ3n) is 3.39. The Bertz CT molecular complexity index is 455. The van der Waals surface area contributed by atoms with Crippen molar-refractivity contribution in [2.75, 3.05) is 0 Å². The van der Waals surface area contributed by atoms with Crippen LogP contribution >= 0.6 is 11.6 Å². The van der Waals surface area contributed by atoms with Crippen molar-refractivity contribution >= 4 is 17.5 Å². The molecule has 1 aromatic rings. The van der Waals surface area contributed by atoms with E-state index in [4.69, 9.17) is 11.6 Å². The molecular formula is C14H16ClF2NO. The monoisotopic (exact) mass is 287 g/mol. The van der Waals surface area contributed by atoms with Crippen molar-refractivity contribution in [3.63, 3.8) is 0 Å². The SMILES string of the molecule is O=C(Cc1ccccc1Cl)NC1CCC(F)(F)CC1. The third-order valence-corrected chi connectivity index (χ3v) is 3.76. The molecular weight excluding hydrogens is 272 g/mol. The Labute approximate surface area is 116 Å². The van der Waals surface area contributed by atoms with E-state index in [1.165, 1.54) is 0 Å². The van der Waals surface area contributed by atoms with Gasteiger partial charge in [0.25, 0.3) is 0 Å². The van der Waals surface area contributed by atoms with Gasteiger partial charge in [0, 0.05) is 23.9 Å². The van der Waals surface area contributed by atoms with E-state index >= 15 is 0 Å². The van der Waals surface area contributed by atoms with Crippen LogP contribution in [0, 0.1) is 0 Å². The molecule has 1 aliphatic carbocycles. The first-order valence-corrected chi connectivity index (χ1v) is 6.75. The Morgan fingerprint density at radius 3 is 2.58 bits per heavy atom. The fourth-order valence-electron chi connectivity index (χ4n) is 2.28. The Kier molecular flexibility index (Phi) is 4.40. The van der Waals surface area contributed by atoms with Gasteiger partial charge in [-0.2, -0.15) is 0 Å². The lowest BCUT2D eigenvalue weighted by Gasteiger charge is -2.28. The number of alkyl halides is 2. The molecule has 1 N–H and O–H groups in total. The molecule has 0 aliphatic heterocycles. The molecule has 0 saturated heterocycles. The molecule has 1 aliphatic rings. The Balaban J connectivity index is 1.84. The van der Waals surface area contributed by atoms with E-state index in [1.54, 1.807) is 18.2 Å². The van der Waals surface area contributed by atoms with Gasteiger partial charge in [-0.3, -0.25) is 4.79 Å². The van der Waals surface area contributed by atoms with Gasteiger partial charge in [0.15, 0.2) is 0 Å². The van der Waals surface area contributed by atoms with Crippen LogP contribution in [0.3, 0.4) is 0 Å². The quantitative estimate of drug-likeness (QED) is 0.904. The van der Waals surface area contributed by atoms with E-state index in [0.29, 0.717) is 17.9 Å². The zero-order chi connectivity index (χ0) is 13.9. The summed E-state index contributed by atoms with van der Waals surface area (Å²) in [5, 5.41) is 3.35. The average molecular weight is 288 g/mol. The van der Waals surface area contributed by atoms with E-state index in [0.717, 1.165) is 5.56 Å². The molecule has 1 aromatic carbocycles. The molecule has 19 heavy (non-hydrogen) atoms. The van der Waals surface area contributed by atoms with Gasteiger partial charge in [0.2, 0.25) is 11.8 Å². The van der Waals surface area contributed by atoms with Crippen LogP contribution in [-0.2, 0) is 11.2 Å². The van der Waals surface area contributed by atoms with Crippen molar-refractivity contribution < 1.29 is 13.6 Å². The second-order valence-electron chi connectivity index (χ2n) is 4.97. The number of hydrogen-bond acceptors (Lipinski definition) is 1. The molecule has 0 unspecified atom stereocenters. The first kappa shape index (κ1) is 14.3. The number of nitrogens with one attached hydrogen (secondary N) is 1. The summed E-state index contributed by atoms with van der Waals surface area (Å²) < 4.78 is 26.0. The highest BCUT2D eigenvalue weighted by atomic mass is 35.5. The third kappa shape index (κ3) is 4.16. The van der Waals surface area contributed by atoms with Gasteiger partial charge < -0.3 is 5.32 Å². The van der Waals surface area contributed by atoms with E-state index in [-0.39, 0.29) is 31.2 Å². The lowest BCUT2D eigenvalue weighted by Crippen LogP contribution is -2.40. The van der Waals surface area contributed by atoms with Gasteiger partial charge in [0.1, 0.15) is 0 Å². The Hall–Kier alpha value is -1.16. The summed E-state index contributed by atoms with van der Waals surface area (Å²) in [5.41, 5.74) is 0.753. The lowest BCUT2D eigenvalue weighted by atomic mass is 9.92. The van der Waals surface area contributed by atoms with Gasteiger partial charge in [0.05, 0.1) is 6.42 Å². The van der Waals surface area contributed by atoms with Crippen LogP contribution in [0.5, 0.6) is 0 Å². The molecule has 0 bridgehead atoms. The molecule has 1 amide bonds. The fraction of sp³-hybridized carbons (Fsp3) is 0.500. The zero-order valence-electron chi connectivity index (χ0n) is 10.5. The highest BCUT2D eigenvalue weighted by Crippen LogP contribution is 2.33. The lowest BCUT2D eigenvalue weighted by molar-refractivity contribution is -0.122. The first-order chi connectivity index (χ1) is 8.96. The molecule has 2 nitrogen and oxygen atoms in total. The Morgan fingerprint density at radius 2 is 1.95 bits per heavy atom. The van der Waals surface area contributed by atoms with Crippen LogP contribution in [0.4, 0.5) is 8.78 Å². The van der Waals surface area contributed by atoms with Crippen molar-refractivity contribution in [1.29, 1.82) is 0 Å². The maximum atomic E-state index is 13.0. The molecule has 5 heteroatoms. The van der Waals surface area contributed by atoms with E-state index in [2.05, 4.69) is 5.32 Å². The molecule has 2 rings (SSSR count). The van der Waals surface area contributed by atoms with E-state index < -0.39 is 5.92 Å². The summed E-state index contributed by atoms with van der Waals surface area (Å²) >= 11 is 5.97. The molecule has 0 atom stereocenters. The predicted molar refractivity (Wildman–Crippen MR) is 70.5 cm³/mol. The molecule has 1 fully saturated rings. The van der Waals surface area contributed by atoms with E-state index in [9.17, 15) is 13.6 Å². The zero-order valence-corrected chi connectivity index (χ0v) is 11.2. The van der Waals surface area contributed by atoms with Crippen LogP contribution in [0.15, 0.2) is 24.3 Å². The minimum Gasteiger partial charge on any atom is -0.353 e. The maximum absolute atomic E-state index is 13.0. The number of carbonyl (C=O) groups is 1. The van der Waals surface area contributed by atoms with Gasteiger partial charge >= 0.3 is 0 Å². The Morgan fingerprint density at radius 1 is 1.32 bits per heavy atom. The second-order valence-corrected chi connectivity index (χ2v) is 5.37. The van der Waals surface area contributed by atoms with Crippen molar-refractivity contribution in [3.05, 3.63) is 34.9 Å². The van der Waals surface area contributed by atoms with Gasteiger partial charge in [-0.25, -0.2) is 8.78 Å². The maximum Gasteiger partial charge on any atom is 0.248 e. The molecule has 1 saturated carbocycles. The molecule has 104 valence electrons. The summed E-state index contributed by atoms with van der Waals surface area (Å²) in [6.45, 7) is 0. The number of benzene rings is 1. The number of carbonyl (C=O) groups excluding carboxylic acids is 1. The summed E-state index contributed by atoms with van der Waals surface area (Å²) in [6, 6.07) is 6.99. The summed E-state index contributed by atoms with van der Waals surface area (Å²) in [4.78, 5) is 11.8. The number of rotatable bonds is 3. The molecule has 0 radical (unpaired) electrons. The van der Waals surface area contributed by atoms with Crippen molar-refractivity contribution in [1.82, 2.24) is 5.32 Å². The smallest absolute Gasteiger partial charge is 0.248 e. The summed E-state index contributed by atoms with van der Waals surface area (Å²) in [7, 11) is 0. The van der Waals surface area contributed by atoms with Crippen LogP contribution < -0.4 is 5.32 Å². The minimum absolute atomic E-state index is 0.144. The number of hydrogen-bond donors (Lipinski definition) is 1. The molecule has 0 heterocycles. The van der Waals surface area contributed by atoms with Gasteiger partial charge in [-0.1, -0.05) is 29.8 Å². The number of halogens is 3. The van der Waals surface area contributed by atoms with Crippen molar-refractivity contribution in [2.45, 2.75) is 44.1 Å².